The number of alkyl carbamates (subject to hydrolysis) is 1. The molecule has 2 atom stereocenters. The molecular formula is C43H67FN4O2. The average Bonchev–Trinajstić information content (AvgIpc) is 3.47. The summed E-state index contributed by atoms with van der Waals surface area (Å²) < 4.78 is 20.9. The summed E-state index contributed by atoms with van der Waals surface area (Å²) in [5.41, 5.74) is 5.69. The first-order valence-corrected chi connectivity index (χ1v) is 18.8. The first-order valence-electron chi connectivity index (χ1n) is 18.8. The molecule has 1 saturated carbocycles. The summed E-state index contributed by atoms with van der Waals surface area (Å²) in [6.45, 7) is 26.3. The quantitative estimate of drug-likeness (QED) is 0.227. The van der Waals surface area contributed by atoms with Gasteiger partial charge in [-0.05, 0) is 110 Å². The molecule has 1 aliphatic carbocycles. The van der Waals surface area contributed by atoms with Crippen LogP contribution in [0.3, 0.4) is 0 Å². The van der Waals surface area contributed by atoms with Crippen molar-refractivity contribution in [3.63, 3.8) is 0 Å². The number of hydrogen-bond acceptors (Lipinski definition) is 4. The van der Waals surface area contributed by atoms with Crippen LogP contribution in [0.4, 0.5) is 9.18 Å². The fourth-order valence-corrected chi connectivity index (χ4v) is 4.79. The molecule has 0 radical (unpaired) electrons. The maximum atomic E-state index is 13.9. The van der Waals surface area contributed by atoms with Crippen molar-refractivity contribution in [1.82, 2.24) is 15.1 Å². The van der Waals surface area contributed by atoms with Gasteiger partial charge in [0, 0.05) is 11.6 Å². The molecule has 2 unspecified atom stereocenters. The van der Waals surface area contributed by atoms with E-state index < -0.39 is 11.4 Å². The standard InChI is InChI=1S/C18H14FN3.C15H31NO2.C6H10.2C2H6/c1-12-3-7-16(8-4-12)22-18(9-13(2)21-22)14-5-6-15(11-20)17(19)10-14;1-7-12(3)10-9-11-13(8-2)16-14(17)18-15(4,5)6;1-2-6-4-3-5-6;2*1-2/h3-10H,1-2H3;12-13H,7-11H2,1-6H3,(H,16,17);2H,3-5H2,1H3;2*1-2H3. The summed E-state index contributed by atoms with van der Waals surface area (Å²) in [6, 6.07) is 16.6. The Morgan fingerprint density at radius 1 is 1.02 bits per heavy atom. The number of hydrogen-bond donors (Lipinski definition) is 1. The Hall–Kier alpha value is -3.92. The van der Waals surface area contributed by atoms with Crippen LogP contribution < -0.4 is 5.32 Å². The van der Waals surface area contributed by atoms with E-state index in [1.165, 1.54) is 56.2 Å². The third-order valence-corrected chi connectivity index (χ3v) is 8.06. The molecule has 4 rings (SSSR count). The highest BCUT2D eigenvalue weighted by Crippen LogP contribution is 2.26. The van der Waals surface area contributed by atoms with E-state index in [1.54, 1.807) is 16.3 Å². The minimum atomic E-state index is -0.519. The van der Waals surface area contributed by atoms with E-state index in [0.29, 0.717) is 5.56 Å². The number of halogens is 1. The molecule has 2 aromatic carbocycles. The van der Waals surface area contributed by atoms with Gasteiger partial charge in [-0.25, -0.2) is 13.9 Å². The van der Waals surface area contributed by atoms with Crippen LogP contribution in [0.5, 0.6) is 0 Å². The summed E-state index contributed by atoms with van der Waals surface area (Å²) in [4.78, 5) is 11.6. The Bertz CT molecular complexity index is 1440. The van der Waals surface area contributed by atoms with Crippen molar-refractivity contribution in [2.45, 2.75) is 153 Å². The van der Waals surface area contributed by atoms with Crippen molar-refractivity contribution in [2.24, 2.45) is 5.92 Å². The number of nitrogens with zero attached hydrogens (tertiary/aromatic N) is 3. The minimum absolute atomic E-state index is 0.0434. The van der Waals surface area contributed by atoms with Crippen LogP contribution in [0.2, 0.25) is 0 Å². The molecule has 6 nitrogen and oxygen atoms in total. The van der Waals surface area contributed by atoms with Crippen molar-refractivity contribution in [3.05, 3.63) is 82.8 Å². The number of rotatable bonds is 9. The molecule has 1 aliphatic rings. The van der Waals surface area contributed by atoms with E-state index in [2.05, 4.69) is 44.2 Å². The van der Waals surface area contributed by atoms with Gasteiger partial charge in [-0.15, -0.1) is 0 Å². The van der Waals surface area contributed by atoms with Gasteiger partial charge in [-0.1, -0.05) is 103 Å². The molecule has 278 valence electrons. The molecule has 1 aromatic heterocycles. The number of benzene rings is 2. The second kappa shape index (κ2) is 25.1. The number of ether oxygens (including phenoxy) is 1. The number of aryl methyl sites for hydroxylation is 2. The number of nitriles is 1. The van der Waals surface area contributed by atoms with Gasteiger partial charge in [0.25, 0.3) is 0 Å². The first kappa shape index (κ1) is 46.1. The molecule has 0 bridgehead atoms. The van der Waals surface area contributed by atoms with Crippen molar-refractivity contribution < 1.29 is 13.9 Å². The molecule has 1 amide bonds. The Labute approximate surface area is 304 Å². The second-order valence-corrected chi connectivity index (χ2v) is 13.2. The molecular weight excluding hydrogens is 623 g/mol. The van der Waals surface area contributed by atoms with Gasteiger partial charge in [0.15, 0.2) is 0 Å². The van der Waals surface area contributed by atoms with Gasteiger partial charge in [0.05, 0.1) is 22.6 Å². The monoisotopic (exact) mass is 691 g/mol. The summed E-state index contributed by atoms with van der Waals surface area (Å²) in [7, 11) is 0. The molecule has 50 heavy (non-hydrogen) atoms. The maximum Gasteiger partial charge on any atom is 0.407 e. The predicted molar refractivity (Wildman–Crippen MR) is 210 cm³/mol. The summed E-state index contributed by atoms with van der Waals surface area (Å²) in [5, 5.41) is 16.3. The second-order valence-electron chi connectivity index (χ2n) is 13.2. The Morgan fingerprint density at radius 2 is 1.64 bits per heavy atom. The Balaban J connectivity index is 0.000000768. The summed E-state index contributed by atoms with van der Waals surface area (Å²) >= 11 is 0. The molecule has 1 heterocycles. The third-order valence-electron chi connectivity index (χ3n) is 8.06. The van der Waals surface area contributed by atoms with Crippen LogP contribution in [0.25, 0.3) is 16.9 Å². The molecule has 7 heteroatoms. The zero-order valence-electron chi connectivity index (χ0n) is 33.5. The molecule has 3 aromatic rings. The number of allylic oxidation sites excluding steroid dienone is 2. The zero-order valence-corrected chi connectivity index (χ0v) is 33.5. The van der Waals surface area contributed by atoms with Crippen LogP contribution in [-0.4, -0.2) is 27.5 Å². The number of carbonyl (C=O) groups excluding carboxylic acids is 1. The number of aromatic nitrogens is 2. The molecule has 1 N–H and O–H groups in total. The lowest BCUT2D eigenvalue weighted by atomic mass is 9.93. The van der Waals surface area contributed by atoms with E-state index in [4.69, 9.17) is 10.00 Å². The minimum Gasteiger partial charge on any atom is -0.444 e. The highest BCUT2D eigenvalue weighted by Gasteiger charge is 2.18. The molecule has 0 aliphatic heterocycles. The number of nitrogens with one attached hydrogen (secondary N) is 1. The van der Waals surface area contributed by atoms with Gasteiger partial charge >= 0.3 is 6.09 Å². The number of carbonyl (C=O) groups is 1. The van der Waals surface area contributed by atoms with E-state index >= 15 is 0 Å². The lowest BCUT2D eigenvalue weighted by Gasteiger charge is -2.23. The van der Waals surface area contributed by atoms with Gasteiger partial charge < -0.3 is 10.1 Å². The fourth-order valence-electron chi connectivity index (χ4n) is 4.79. The van der Waals surface area contributed by atoms with Crippen LogP contribution in [0, 0.1) is 36.9 Å². The van der Waals surface area contributed by atoms with Gasteiger partial charge in [-0.3, -0.25) is 0 Å². The van der Waals surface area contributed by atoms with E-state index in [0.717, 1.165) is 35.8 Å². The fraction of sp³-hybridized carbons (Fsp3) is 0.558. The highest BCUT2D eigenvalue weighted by molar-refractivity contribution is 5.68. The van der Waals surface area contributed by atoms with E-state index in [-0.39, 0.29) is 17.7 Å². The molecule has 0 spiro atoms. The SMILES string of the molecule is CC.CC.CC=C1CCC1.CCC(C)CCCC(CC)NC(=O)OC(C)(C)C.Cc1ccc(-n2nc(C)cc2-c2ccc(C#N)c(F)c2)cc1. The molecule has 1 fully saturated rings. The first-order chi connectivity index (χ1) is 23.8. The smallest absolute Gasteiger partial charge is 0.407 e. The van der Waals surface area contributed by atoms with Crippen molar-refractivity contribution in [2.75, 3.05) is 0 Å². The summed E-state index contributed by atoms with van der Waals surface area (Å²) in [6.07, 6.45) is 11.7. The normalized spacial score (nSPS) is 12.6. The van der Waals surface area contributed by atoms with Crippen LogP contribution in [0.15, 0.2) is 60.2 Å². The van der Waals surface area contributed by atoms with Gasteiger partial charge in [0.2, 0.25) is 0 Å². The Kier molecular flexibility index (Phi) is 23.1. The zero-order chi connectivity index (χ0) is 38.3. The predicted octanol–water partition coefficient (Wildman–Crippen LogP) is 12.8. The van der Waals surface area contributed by atoms with Crippen LogP contribution in [0.1, 0.15) is 144 Å². The molecule has 0 saturated heterocycles. The lowest BCUT2D eigenvalue weighted by molar-refractivity contribution is 0.0499. The third kappa shape index (κ3) is 17.7. The van der Waals surface area contributed by atoms with E-state index in [9.17, 15) is 9.18 Å². The topological polar surface area (TPSA) is 79.9 Å². The highest BCUT2D eigenvalue weighted by atomic mass is 19.1. The largest absolute Gasteiger partial charge is 0.444 e. The van der Waals surface area contributed by atoms with Gasteiger partial charge in [-0.2, -0.15) is 10.4 Å². The summed E-state index contributed by atoms with van der Waals surface area (Å²) in [5.74, 6) is 0.262. The van der Waals surface area contributed by atoms with Crippen LogP contribution in [-0.2, 0) is 4.74 Å². The lowest BCUT2D eigenvalue weighted by Crippen LogP contribution is -2.38. The maximum absolute atomic E-state index is 13.9. The van der Waals surface area contributed by atoms with Crippen molar-refractivity contribution >= 4 is 6.09 Å². The van der Waals surface area contributed by atoms with Crippen molar-refractivity contribution in [3.8, 4) is 23.0 Å². The Morgan fingerprint density at radius 3 is 2.08 bits per heavy atom. The van der Waals surface area contributed by atoms with Crippen LogP contribution >= 0.6 is 0 Å². The number of amides is 1. The van der Waals surface area contributed by atoms with Crippen molar-refractivity contribution in [1.29, 1.82) is 5.26 Å². The van der Waals surface area contributed by atoms with Gasteiger partial charge in [0.1, 0.15) is 17.5 Å². The van der Waals surface area contributed by atoms with E-state index in [1.807, 2.05) is 98.7 Å². The average molecular weight is 691 g/mol.